The molecule has 0 fully saturated rings. The van der Waals surface area contributed by atoms with Crippen molar-refractivity contribution in [2.24, 2.45) is 0 Å². The summed E-state index contributed by atoms with van der Waals surface area (Å²) < 4.78 is 5.26. The maximum Gasteiger partial charge on any atom is 0.260 e. The molecule has 0 bridgehead atoms. The van der Waals surface area contributed by atoms with Crippen LogP contribution >= 0.6 is 11.6 Å². The van der Waals surface area contributed by atoms with Crippen LogP contribution in [0.5, 0.6) is 0 Å². The summed E-state index contributed by atoms with van der Waals surface area (Å²) in [6.07, 6.45) is 1.62. The predicted molar refractivity (Wildman–Crippen MR) is 77.1 cm³/mol. The van der Waals surface area contributed by atoms with E-state index in [4.69, 9.17) is 21.9 Å². The number of nitrogen functional groups attached to an aromatic ring is 1. The number of aryl methyl sites for hydroxylation is 1. The van der Waals surface area contributed by atoms with Crippen LogP contribution in [-0.4, -0.2) is 15.1 Å². The molecule has 0 spiro atoms. The summed E-state index contributed by atoms with van der Waals surface area (Å²) in [5.74, 6) is 0.689. The van der Waals surface area contributed by atoms with Gasteiger partial charge < -0.3 is 10.3 Å². The lowest BCUT2D eigenvalue weighted by Gasteiger charge is -2.01. The Labute approximate surface area is 120 Å². The number of hydrogen-bond acceptors (Lipinski definition) is 5. The molecule has 3 rings (SSSR count). The van der Waals surface area contributed by atoms with Crippen LogP contribution in [0.1, 0.15) is 5.56 Å². The number of anilines is 1. The molecule has 3 aromatic rings. The lowest BCUT2D eigenvalue weighted by atomic mass is 10.1. The van der Waals surface area contributed by atoms with E-state index in [0.717, 1.165) is 5.56 Å². The van der Waals surface area contributed by atoms with Crippen LogP contribution < -0.4 is 5.73 Å². The van der Waals surface area contributed by atoms with Crippen LogP contribution in [0, 0.1) is 6.92 Å². The summed E-state index contributed by atoms with van der Waals surface area (Å²) >= 11 is 6.06. The first kappa shape index (κ1) is 12.6. The minimum absolute atomic E-state index is 0.339. The molecule has 6 heteroatoms. The summed E-state index contributed by atoms with van der Waals surface area (Å²) in [6, 6.07) is 9.09. The Balaban J connectivity index is 2.07. The van der Waals surface area contributed by atoms with Gasteiger partial charge in [-0.1, -0.05) is 28.4 Å². The fourth-order valence-electron chi connectivity index (χ4n) is 1.83. The summed E-state index contributed by atoms with van der Waals surface area (Å²) in [7, 11) is 0. The molecule has 2 heterocycles. The van der Waals surface area contributed by atoms with Crippen LogP contribution in [0.15, 0.2) is 41.1 Å². The number of hydrogen-bond donors (Lipinski definition) is 1. The van der Waals surface area contributed by atoms with Crippen LogP contribution in [0.4, 0.5) is 5.69 Å². The Bertz CT molecular complexity index is 769. The molecule has 0 amide bonds. The third-order valence-electron chi connectivity index (χ3n) is 2.84. The molecule has 2 N–H and O–H groups in total. The molecule has 20 heavy (non-hydrogen) atoms. The topological polar surface area (TPSA) is 77.8 Å². The van der Waals surface area contributed by atoms with Crippen molar-refractivity contribution in [3.05, 3.63) is 47.1 Å². The zero-order valence-electron chi connectivity index (χ0n) is 10.7. The van der Waals surface area contributed by atoms with Crippen molar-refractivity contribution in [3.63, 3.8) is 0 Å². The molecule has 0 unspecified atom stereocenters. The van der Waals surface area contributed by atoms with Gasteiger partial charge in [0.15, 0.2) is 0 Å². The summed E-state index contributed by atoms with van der Waals surface area (Å²) in [5.41, 5.74) is 8.76. The fourth-order valence-corrected chi connectivity index (χ4v) is 2.04. The predicted octanol–water partition coefficient (Wildman–Crippen LogP) is 3.34. The van der Waals surface area contributed by atoms with Crippen LogP contribution in [0.2, 0.25) is 5.02 Å². The second-order valence-electron chi connectivity index (χ2n) is 4.35. The zero-order chi connectivity index (χ0) is 14.1. The molecular weight excluding hydrogens is 276 g/mol. The van der Waals surface area contributed by atoms with E-state index < -0.39 is 0 Å². The molecule has 100 valence electrons. The van der Waals surface area contributed by atoms with Gasteiger partial charge in [-0.05, 0) is 31.2 Å². The van der Waals surface area contributed by atoms with E-state index in [9.17, 15) is 0 Å². The Morgan fingerprint density at radius 3 is 2.90 bits per heavy atom. The number of aromatic nitrogens is 3. The third kappa shape index (κ3) is 2.23. The molecular formula is C14H11ClN4O. The molecule has 2 aromatic heterocycles. The monoisotopic (exact) mass is 286 g/mol. The largest absolute Gasteiger partial charge is 0.398 e. The van der Waals surface area contributed by atoms with E-state index >= 15 is 0 Å². The number of nitrogens with two attached hydrogens (primary N) is 1. The normalized spacial score (nSPS) is 10.7. The highest BCUT2D eigenvalue weighted by atomic mass is 35.5. The third-order valence-corrected chi connectivity index (χ3v) is 3.14. The van der Waals surface area contributed by atoms with E-state index in [1.54, 1.807) is 18.3 Å². The Hall–Kier alpha value is -2.40. The maximum absolute atomic E-state index is 6.06. The number of pyridine rings is 1. The van der Waals surface area contributed by atoms with E-state index in [1.807, 2.05) is 25.1 Å². The van der Waals surface area contributed by atoms with Crippen molar-refractivity contribution >= 4 is 17.3 Å². The molecule has 0 saturated carbocycles. The molecule has 0 aliphatic heterocycles. The van der Waals surface area contributed by atoms with Gasteiger partial charge in [-0.15, -0.1) is 0 Å². The first-order valence-electron chi connectivity index (χ1n) is 5.96. The maximum atomic E-state index is 6.06. The highest BCUT2D eigenvalue weighted by Gasteiger charge is 2.15. The van der Waals surface area contributed by atoms with Gasteiger partial charge in [-0.2, -0.15) is 4.98 Å². The van der Waals surface area contributed by atoms with Crippen molar-refractivity contribution in [2.45, 2.75) is 6.92 Å². The zero-order valence-corrected chi connectivity index (χ0v) is 11.4. The van der Waals surface area contributed by atoms with Gasteiger partial charge in [0.1, 0.15) is 5.69 Å². The van der Waals surface area contributed by atoms with Gasteiger partial charge in [-0.25, -0.2) is 0 Å². The highest BCUT2D eigenvalue weighted by Crippen LogP contribution is 2.29. The second kappa shape index (κ2) is 4.94. The molecule has 0 radical (unpaired) electrons. The van der Waals surface area contributed by atoms with Crippen molar-refractivity contribution in [1.82, 2.24) is 15.1 Å². The van der Waals surface area contributed by atoms with E-state index in [2.05, 4.69) is 15.1 Å². The Morgan fingerprint density at radius 1 is 1.25 bits per heavy atom. The summed E-state index contributed by atoms with van der Waals surface area (Å²) in [6.45, 7) is 1.97. The molecule has 0 aliphatic carbocycles. The van der Waals surface area contributed by atoms with Crippen LogP contribution in [-0.2, 0) is 0 Å². The minimum Gasteiger partial charge on any atom is -0.398 e. The number of benzene rings is 1. The first-order valence-corrected chi connectivity index (χ1v) is 6.34. The minimum atomic E-state index is 0.339. The fraction of sp³-hybridized carbons (Fsp3) is 0.0714. The van der Waals surface area contributed by atoms with Crippen molar-refractivity contribution in [1.29, 1.82) is 0 Å². The van der Waals surface area contributed by atoms with E-state index in [1.165, 1.54) is 0 Å². The standard InChI is InChI=1S/C14H11ClN4O/c1-8-4-5-11(16)9(7-8)14-18-13(19-20-14)12-10(15)3-2-6-17-12/h2-7H,16H2,1H3. The lowest BCUT2D eigenvalue weighted by Crippen LogP contribution is -1.91. The average Bonchev–Trinajstić information content (AvgIpc) is 2.91. The number of halogens is 1. The average molecular weight is 287 g/mol. The van der Waals surface area contributed by atoms with Gasteiger partial charge in [0, 0.05) is 11.9 Å². The first-order chi connectivity index (χ1) is 9.65. The number of nitrogens with zero attached hydrogens (tertiary/aromatic N) is 3. The molecule has 0 aliphatic rings. The number of rotatable bonds is 2. The lowest BCUT2D eigenvalue weighted by molar-refractivity contribution is 0.432. The van der Waals surface area contributed by atoms with E-state index in [-0.39, 0.29) is 0 Å². The SMILES string of the molecule is Cc1ccc(N)c(-c2nc(-c3ncccc3Cl)no2)c1. The molecule has 0 atom stereocenters. The highest BCUT2D eigenvalue weighted by molar-refractivity contribution is 6.32. The second-order valence-corrected chi connectivity index (χ2v) is 4.75. The summed E-state index contributed by atoms with van der Waals surface area (Å²) in [5, 5.41) is 4.38. The van der Waals surface area contributed by atoms with Crippen molar-refractivity contribution < 1.29 is 4.52 Å². The Kier molecular flexibility index (Phi) is 3.12. The van der Waals surface area contributed by atoms with Crippen LogP contribution in [0.3, 0.4) is 0 Å². The van der Waals surface area contributed by atoms with E-state index in [0.29, 0.717) is 33.7 Å². The van der Waals surface area contributed by atoms with Gasteiger partial charge in [0.05, 0.1) is 10.6 Å². The van der Waals surface area contributed by atoms with Gasteiger partial charge >= 0.3 is 0 Å². The smallest absolute Gasteiger partial charge is 0.260 e. The van der Waals surface area contributed by atoms with Crippen LogP contribution in [0.25, 0.3) is 23.0 Å². The van der Waals surface area contributed by atoms with Gasteiger partial charge in [0.25, 0.3) is 5.89 Å². The van der Waals surface area contributed by atoms with Gasteiger partial charge in [-0.3, -0.25) is 4.98 Å². The molecule has 5 nitrogen and oxygen atoms in total. The molecule has 1 aromatic carbocycles. The molecule has 0 saturated heterocycles. The Morgan fingerprint density at radius 2 is 2.10 bits per heavy atom. The summed E-state index contributed by atoms with van der Waals surface area (Å²) in [4.78, 5) is 8.46. The van der Waals surface area contributed by atoms with Gasteiger partial charge in [0.2, 0.25) is 5.82 Å². The van der Waals surface area contributed by atoms with Crippen molar-refractivity contribution in [2.75, 3.05) is 5.73 Å². The van der Waals surface area contributed by atoms with Crippen molar-refractivity contribution in [3.8, 4) is 23.0 Å². The quantitative estimate of drug-likeness (QED) is 0.731.